The Labute approximate surface area is 350 Å². The number of hydrogen-bond donors (Lipinski definition) is 4. The highest BCUT2D eigenvalue weighted by Crippen LogP contribution is 2.13. The maximum absolute atomic E-state index is 12.7. The van der Waals surface area contributed by atoms with Gasteiger partial charge in [0.25, 0.3) is 0 Å². The number of carbonyl (C=O) groups excluding carboxylic acids is 3. The maximum Gasteiger partial charge on any atom is 0.328 e. The van der Waals surface area contributed by atoms with Crippen LogP contribution in [0.5, 0.6) is 0 Å². The van der Waals surface area contributed by atoms with Gasteiger partial charge in [0.2, 0.25) is 11.8 Å². The lowest BCUT2D eigenvalue weighted by Crippen LogP contribution is -2.47. The van der Waals surface area contributed by atoms with Crippen molar-refractivity contribution in [3.8, 4) is 0 Å². The molecule has 9 nitrogen and oxygen atoms in total. The van der Waals surface area contributed by atoms with E-state index in [1.165, 1.54) is 0 Å². The molecule has 0 radical (unpaired) electrons. The molecule has 58 heavy (non-hydrogen) atoms. The number of aliphatic carboxylic acids is 1. The smallest absolute Gasteiger partial charge is 0.328 e. The van der Waals surface area contributed by atoms with Crippen LogP contribution in [0.25, 0.3) is 0 Å². The van der Waals surface area contributed by atoms with Gasteiger partial charge in [-0.1, -0.05) is 142 Å². The van der Waals surface area contributed by atoms with E-state index >= 15 is 0 Å². The lowest BCUT2D eigenvalue weighted by molar-refractivity contribution is -0.147. The normalized spacial score (nSPS) is 13.7. The summed E-state index contributed by atoms with van der Waals surface area (Å²) in [4.78, 5) is 47.5. The average molecular weight is 803 g/mol. The highest BCUT2D eigenvalue weighted by molar-refractivity contribution is 5.87. The first-order chi connectivity index (χ1) is 28.3. The number of nitrogens with one attached hydrogen (secondary N) is 2. The summed E-state index contributed by atoms with van der Waals surface area (Å²) in [6.07, 6.45) is 58.3. The largest absolute Gasteiger partial charge is 0.480 e. The molecular formula is C49H74N2O7. The van der Waals surface area contributed by atoms with Gasteiger partial charge in [0.15, 0.2) is 0 Å². The van der Waals surface area contributed by atoms with Crippen molar-refractivity contribution in [3.63, 3.8) is 0 Å². The number of hydrogen-bond acceptors (Lipinski definition) is 6. The molecule has 4 N–H and O–H groups in total. The lowest BCUT2D eigenvalue weighted by Gasteiger charge is -2.14. The SMILES string of the molecule is CC/C=C\C/C=C\C/C=C\C/C=C\C/C=C\C/C=C\C/C=C\CCCC(=O)OC(/C=C\C/C=C\C/C=C\CC)CCCCCCC(=O)NCC(=O)NC(CO)C(=O)O. The molecule has 0 aliphatic carbocycles. The Morgan fingerprint density at radius 3 is 1.45 bits per heavy atom. The highest BCUT2D eigenvalue weighted by Gasteiger charge is 2.18. The molecule has 0 aromatic heterocycles. The topological polar surface area (TPSA) is 142 Å². The van der Waals surface area contributed by atoms with Crippen LogP contribution in [0.4, 0.5) is 0 Å². The molecule has 2 atom stereocenters. The van der Waals surface area contributed by atoms with Crippen LogP contribution >= 0.6 is 0 Å². The van der Waals surface area contributed by atoms with Crippen molar-refractivity contribution in [1.29, 1.82) is 0 Å². The molecule has 0 saturated carbocycles. The minimum Gasteiger partial charge on any atom is -0.480 e. The Bertz CT molecular complexity index is 1380. The third kappa shape index (κ3) is 38.1. The van der Waals surface area contributed by atoms with Crippen LogP contribution < -0.4 is 10.6 Å². The standard InChI is InChI=1S/C49H74N2O7/c1-3-5-7-9-11-13-14-15-16-17-18-19-20-21-22-23-24-25-26-27-29-31-37-41-48(55)58-44(38-34-30-28-12-10-8-6-4-2)39-35-32-33-36-40-46(53)50-42-47(54)51-45(43-52)49(56)57/h5-8,11-13,15-16,18-19,21-22,24-25,27-29,34,38,44-45,52H,3-4,9-10,14,17,20,23,26,30-33,35-37,39-43H2,1-2H3,(H,50,53)(H,51,54)(H,56,57)/b7-5-,8-6-,13-11-,16-15-,19-18-,22-21-,25-24-,28-12-,29-27-,38-34-. The summed E-state index contributed by atoms with van der Waals surface area (Å²) in [6.45, 7) is 3.17. The van der Waals surface area contributed by atoms with E-state index in [0.717, 1.165) is 96.3 Å². The van der Waals surface area contributed by atoms with Crippen molar-refractivity contribution in [1.82, 2.24) is 10.6 Å². The first kappa shape index (κ1) is 53.2. The molecule has 0 fully saturated rings. The predicted molar refractivity (Wildman–Crippen MR) is 240 cm³/mol. The van der Waals surface area contributed by atoms with Crippen molar-refractivity contribution in [2.45, 2.75) is 148 Å². The van der Waals surface area contributed by atoms with Gasteiger partial charge in [0, 0.05) is 12.8 Å². The average Bonchev–Trinajstić information content (AvgIpc) is 3.21. The highest BCUT2D eigenvalue weighted by atomic mass is 16.5. The van der Waals surface area contributed by atoms with Crippen molar-refractivity contribution in [2.75, 3.05) is 13.2 Å². The molecule has 9 heteroatoms. The molecule has 0 spiro atoms. The van der Waals surface area contributed by atoms with Crippen LogP contribution in [0.15, 0.2) is 122 Å². The van der Waals surface area contributed by atoms with Gasteiger partial charge < -0.3 is 25.6 Å². The van der Waals surface area contributed by atoms with E-state index in [-0.39, 0.29) is 30.9 Å². The summed E-state index contributed by atoms with van der Waals surface area (Å²) >= 11 is 0. The third-order valence-corrected chi connectivity index (χ3v) is 8.44. The Kier molecular flexibility index (Phi) is 38.4. The van der Waals surface area contributed by atoms with E-state index in [0.29, 0.717) is 19.3 Å². The van der Waals surface area contributed by atoms with Crippen molar-refractivity contribution < 1.29 is 34.1 Å². The van der Waals surface area contributed by atoms with Crippen LogP contribution in [0, 0.1) is 0 Å². The number of carboxylic acids is 1. The van der Waals surface area contributed by atoms with E-state index in [2.05, 4.69) is 134 Å². The molecule has 0 aromatic carbocycles. The molecule has 0 saturated heterocycles. The molecule has 322 valence electrons. The second-order valence-electron chi connectivity index (χ2n) is 13.7. The molecule has 0 bridgehead atoms. The number of esters is 1. The van der Waals surface area contributed by atoms with Gasteiger partial charge in [-0.25, -0.2) is 4.79 Å². The monoisotopic (exact) mass is 803 g/mol. The fourth-order valence-corrected chi connectivity index (χ4v) is 5.22. The number of unbranched alkanes of at least 4 members (excludes halogenated alkanes) is 4. The second kappa shape index (κ2) is 41.9. The van der Waals surface area contributed by atoms with Crippen LogP contribution in [-0.4, -0.2) is 59.3 Å². The van der Waals surface area contributed by atoms with E-state index in [1.54, 1.807) is 0 Å². The van der Waals surface area contributed by atoms with Crippen molar-refractivity contribution in [3.05, 3.63) is 122 Å². The number of amides is 2. The molecule has 0 aromatic rings. The van der Waals surface area contributed by atoms with Gasteiger partial charge in [0.1, 0.15) is 12.1 Å². The van der Waals surface area contributed by atoms with Crippen LogP contribution in [0.2, 0.25) is 0 Å². The fourth-order valence-electron chi connectivity index (χ4n) is 5.22. The number of ether oxygens (including phenoxy) is 1. The summed E-state index contributed by atoms with van der Waals surface area (Å²) in [7, 11) is 0. The Morgan fingerprint density at radius 1 is 0.534 bits per heavy atom. The zero-order chi connectivity index (χ0) is 42.6. The van der Waals surface area contributed by atoms with E-state index in [1.807, 2.05) is 12.2 Å². The minimum atomic E-state index is -1.40. The number of carboxylic acid groups (broad SMARTS) is 1. The summed E-state index contributed by atoms with van der Waals surface area (Å²) in [5, 5.41) is 22.5. The first-order valence-electron chi connectivity index (χ1n) is 21.4. The molecule has 0 aliphatic heterocycles. The van der Waals surface area contributed by atoms with E-state index in [9.17, 15) is 19.2 Å². The maximum atomic E-state index is 12.7. The second-order valence-corrected chi connectivity index (χ2v) is 13.7. The number of allylic oxidation sites excluding steroid dienone is 19. The molecular weight excluding hydrogens is 729 g/mol. The summed E-state index contributed by atoms with van der Waals surface area (Å²) in [5.41, 5.74) is 0. The first-order valence-corrected chi connectivity index (χ1v) is 21.4. The quantitative estimate of drug-likeness (QED) is 0.0281. The summed E-state index contributed by atoms with van der Waals surface area (Å²) in [5.74, 6) is -2.53. The summed E-state index contributed by atoms with van der Waals surface area (Å²) < 4.78 is 5.84. The number of aliphatic hydroxyl groups is 1. The Morgan fingerprint density at radius 2 is 0.983 bits per heavy atom. The van der Waals surface area contributed by atoms with Gasteiger partial charge in [-0.3, -0.25) is 14.4 Å². The molecule has 0 heterocycles. The number of aliphatic hydroxyl groups excluding tert-OH is 1. The van der Waals surface area contributed by atoms with Gasteiger partial charge in [-0.05, 0) is 102 Å². The zero-order valence-electron chi connectivity index (χ0n) is 35.5. The van der Waals surface area contributed by atoms with E-state index in [4.69, 9.17) is 14.9 Å². The predicted octanol–water partition coefficient (Wildman–Crippen LogP) is 10.6. The van der Waals surface area contributed by atoms with Gasteiger partial charge >= 0.3 is 11.9 Å². The number of rotatable bonds is 36. The van der Waals surface area contributed by atoms with Gasteiger partial charge in [-0.15, -0.1) is 0 Å². The third-order valence-electron chi connectivity index (χ3n) is 8.44. The molecule has 0 rings (SSSR count). The van der Waals surface area contributed by atoms with Crippen molar-refractivity contribution >= 4 is 23.8 Å². The van der Waals surface area contributed by atoms with E-state index < -0.39 is 24.5 Å². The Hall–Kier alpha value is -4.76. The van der Waals surface area contributed by atoms with Crippen molar-refractivity contribution in [2.24, 2.45) is 0 Å². The molecule has 0 aliphatic rings. The molecule has 2 amide bonds. The molecule has 2 unspecified atom stereocenters. The van der Waals surface area contributed by atoms with Crippen LogP contribution in [0.3, 0.4) is 0 Å². The van der Waals surface area contributed by atoms with Crippen LogP contribution in [-0.2, 0) is 23.9 Å². The summed E-state index contributed by atoms with van der Waals surface area (Å²) in [6, 6.07) is -1.40. The van der Waals surface area contributed by atoms with Gasteiger partial charge in [0.05, 0.1) is 13.2 Å². The Balaban J connectivity index is 4.39. The minimum absolute atomic E-state index is 0.199. The number of carbonyl (C=O) groups is 4. The van der Waals surface area contributed by atoms with Gasteiger partial charge in [-0.2, -0.15) is 0 Å². The van der Waals surface area contributed by atoms with Crippen LogP contribution in [0.1, 0.15) is 136 Å². The zero-order valence-corrected chi connectivity index (χ0v) is 35.5. The fraction of sp³-hybridized carbons (Fsp3) is 0.510. The lowest BCUT2D eigenvalue weighted by atomic mass is 10.1.